The highest BCUT2D eigenvalue weighted by molar-refractivity contribution is 5.71. The Morgan fingerprint density at radius 2 is 0.800 bits per heavy atom. The first-order valence-corrected chi connectivity index (χ1v) is 9.92. The normalized spacial score (nSPS) is 10.0. The quantitative estimate of drug-likeness (QED) is 0.351. The molecule has 0 unspecified atom stereocenters. The van der Waals surface area contributed by atoms with Crippen LogP contribution in [0.25, 0.3) is 22.3 Å². The van der Waals surface area contributed by atoms with Gasteiger partial charge in [0.15, 0.2) is 0 Å². The Kier molecular flexibility index (Phi) is 6.45. The third-order valence-corrected chi connectivity index (χ3v) is 4.67. The summed E-state index contributed by atoms with van der Waals surface area (Å²) in [5, 5.41) is 0. The second kappa shape index (κ2) is 10.0. The van der Waals surface area contributed by atoms with Crippen LogP contribution in [-0.4, -0.2) is 13.2 Å². The number of benzene rings is 4. The van der Waals surface area contributed by atoms with Crippen molar-refractivity contribution < 1.29 is 9.47 Å². The van der Waals surface area contributed by atoms with Crippen LogP contribution in [0, 0.1) is 11.8 Å². The Morgan fingerprint density at radius 1 is 0.433 bits per heavy atom. The van der Waals surface area contributed by atoms with Gasteiger partial charge < -0.3 is 9.47 Å². The summed E-state index contributed by atoms with van der Waals surface area (Å²) in [4.78, 5) is 0. The van der Waals surface area contributed by atoms with Gasteiger partial charge in [-0.1, -0.05) is 109 Å². The first kappa shape index (κ1) is 19.4. The molecule has 0 fully saturated rings. The molecule has 0 N–H and O–H groups in total. The third kappa shape index (κ3) is 4.90. The molecule has 2 nitrogen and oxygen atoms in total. The largest absolute Gasteiger partial charge is 0.480 e. The molecule has 30 heavy (non-hydrogen) atoms. The molecule has 2 heteroatoms. The molecular weight excluding hydrogens is 368 g/mol. The van der Waals surface area contributed by atoms with Crippen LogP contribution in [0.4, 0.5) is 0 Å². The zero-order valence-electron chi connectivity index (χ0n) is 16.6. The van der Waals surface area contributed by atoms with E-state index in [0.717, 1.165) is 33.8 Å². The Balaban J connectivity index is 1.36. The number of hydrogen-bond acceptors (Lipinski definition) is 2. The lowest BCUT2D eigenvalue weighted by Crippen LogP contribution is -1.99. The van der Waals surface area contributed by atoms with Crippen molar-refractivity contribution in [1.82, 2.24) is 0 Å². The molecule has 4 aromatic rings. The average molecular weight is 390 g/mol. The Bertz CT molecular complexity index is 1050. The standard InChI is InChI=1S/C28H22O2/c1-3-13-23(14-4-1)25-17-7-9-19-27(25)29-21-11-12-22-30-28-20-10-8-18-26(28)24-15-5-2-6-16-24/h1-10,13-20H,21-22H2. The van der Waals surface area contributed by atoms with Gasteiger partial charge in [0.2, 0.25) is 0 Å². The molecule has 0 aliphatic rings. The van der Waals surface area contributed by atoms with E-state index in [1.165, 1.54) is 0 Å². The fourth-order valence-electron chi connectivity index (χ4n) is 3.23. The predicted octanol–water partition coefficient (Wildman–Crippen LogP) is 6.48. The summed E-state index contributed by atoms with van der Waals surface area (Å²) in [6, 6.07) is 36.4. The van der Waals surface area contributed by atoms with Crippen LogP contribution in [0.15, 0.2) is 109 Å². The van der Waals surface area contributed by atoms with Gasteiger partial charge in [0.05, 0.1) is 0 Å². The van der Waals surface area contributed by atoms with Crippen molar-refractivity contribution in [3.8, 4) is 45.6 Å². The highest BCUT2D eigenvalue weighted by Crippen LogP contribution is 2.30. The molecule has 0 radical (unpaired) electrons. The van der Waals surface area contributed by atoms with Crippen molar-refractivity contribution in [2.45, 2.75) is 0 Å². The lowest BCUT2D eigenvalue weighted by molar-refractivity contribution is 0.364. The van der Waals surface area contributed by atoms with Crippen molar-refractivity contribution in [3.05, 3.63) is 109 Å². The lowest BCUT2D eigenvalue weighted by Gasteiger charge is -2.10. The topological polar surface area (TPSA) is 18.5 Å². The molecule has 0 atom stereocenters. The van der Waals surface area contributed by atoms with Gasteiger partial charge in [0.1, 0.15) is 24.7 Å². The van der Waals surface area contributed by atoms with E-state index in [2.05, 4.69) is 48.2 Å². The summed E-state index contributed by atoms with van der Waals surface area (Å²) in [5.74, 6) is 7.74. The molecule has 4 rings (SSSR count). The van der Waals surface area contributed by atoms with E-state index in [1.54, 1.807) is 0 Å². The van der Waals surface area contributed by atoms with Crippen LogP contribution in [0.2, 0.25) is 0 Å². The summed E-state index contributed by atoms with van der Waals surface area (Å²) in [7, 11) is 0. The van der Waals surface area contributed by atoms with Crippen molar-refractivity contribution in [3.63, 3.8) is 0 Å². The Hall–Kier alpha value is -3.96. The fraction of sp³-hybridized carbons (Fsp3) is 0.0714. The number of para-hydroxylation sites is 2. The molecule has 0 bridgehead atoms. The summed E-state index contributed by atoms with van der Waals surface area (Å²) in [6.07, 6.45) is 0. The van der Waals surface area contributed by atoms with Crippen LogP contribution in [0.5, 0.6) is 11.5 Å². The molecular formula is C28H22O2. The molecule has 0 spiro atoms. The maximum Gasteiger partial charge on any atom is 0.149 e. The van der Waals surface area contributed by atoms with Crippen molar-refractivity contribution in [1.29, 1.82) is 0 Å². The second-order valence-corrected chi connectivity index (χ2v) is 6.66. The van der Waals surface area contributed by atoms with Gasteiger partial charge in [-0.15, -0.1) is 0 Å². The first-order chi connectivity index (χ1) is 14.9. The zero-order valence-corrected chi connectivity index (χ0v) is 16.6. The Labute approximate surface area is 177 Å². The van der Waals surface area contributed by atoms with E-state index in [1.807, 2.05) is 72.8 Å². The van der Waals surface area contributed by atoms with E-state index < -0.39 is 0 Å². The van der Waals surface area contributed by atoms with Crippen molar-refractivity contribution >= 4 is 0 Å². The van der Waals surface area contributed by atoms with Gasteiger partial charge in [-0.05, 0) is 23.3 Å². The third-order valence-electron chi connectivity index (χ3n) is 4.67. The molecule has 0 heterocycles. The molecule has 0 aliphatic carbocycles. The average Bonchev–Trinajstić information content (AvgIpc) is 2.83. The summed E-state index contributed by atoms with van der Waals surface area (Å²) >= 11 is 0. The molecule has 0 amide bonds. The number of hydrogen-bond donors (Lipinski definition) is 0. The van der Waals surface area contributed by atoms with Gasteiger partial charge in [-0.25, -0.2) is 0 Å². The maximum absolute atomic E-state index is 5.91. The van der Waals surface area contributed by atoms with E-state index in [4.69, 9.17) is 9.47 Å². The Morgan fingerprint density at radius 3 is 1.23 bits per heavy atom. The molecule has 0 saturated heterocycles. The molecule has 4 aromatic carbocycles. The maximum atomic E-state index is 5.91. The van der Waals surface area contributed by atoms with Crippen molar-refractivity contribution in [2.75, 3.05) is 13.2 Å². The van der Waals surface area contributed by atoms with E-state index >= 15 is 0 Å². The second-order valence-electron chi connectivity index (χ2n) is 6.66. The van der Waals surface area contributed by atoms with Gasteiger partial charge in [-0.3, -0.25) is 0 Å². The summed E-state index contributed by atoms with van der Waals surface area (Å²) in [5.41, 5.74) is 4.38. The summed E-state index contributed by atoms with van der Waals surface area (Å²) in [6.45, 7) is 0.626. The van der Waals surface area contributed by atoms with Crippen LogP contribution in [0.1, 0.15) is 0 Å². The fourth-order valence-corrected chi connectivity index (χ4v) is 3.23. The molecule has 0 saturated carbocycles. The van der Waals surface area contributed by atoms with Crippen molar-refractivity contribution in [2.24, 2.45) is 0 Å². The predicted molar refractivity (Wildman–Crippen MR) is 123 cm³/mol. The van der Waals surface area contributed by atoms with E-state index in [9.17, 15) is 0 Å². The minimum absolute atomic E-state index is 0.313. The van der Waals surface area contributed by atoms with Crippen LogP contribution < -0.4 is 9.47 Å². The van der Waals surface area contributed by atoms with Gasteiger partial charge in [0.25, 0.3) is 0 Å². The number of rotatable bonds is 6. The van der Waals surface area contributed by atoms with Crippen LogP contribution in [0.3, 0.4) is 0 Å². The van der Waals surface area contributed by atoms with Crippen LogP contribution >= 0.6 is 0 Å². The molecule has 0 aromatic heterocycles. The van der Waals surface area contributed by atoms with Gasteiger partial charge in [0, 0.05) is 11.1 Å². The zero-order chi connectivity index (χ0) is 20.4. The minimum Gasteiger partial charge on any atom is -0.480 e. The van der Waals surface area contributed by atoms with E-state index in [0.29, 0.717) is 13.2 Å². The monoisotopic (exact) mass is 390 g/mol. The SMILES string of the molecule is C(#CCOc1ccccc1-c1ccccc1)COc1ccccc1-c1ccccc1. The number of ether oxygens (including phenoxy) is 2. The van der Waals surface area contributed by atoms with E-state index in [-0.39, 0.29) is 0 Å². The first-order valence-electron chi connectivity index (χ1n) is 9.92. The van der Waals surface area contributed by atoms with Crippen LogP contribution in [-0.2, 0) is 0 Å². The lowest BCUT2D eigenvalue weighted by atomic mass is 10.1. The summed E-state index contributed by atoms with van der Waals surface area (Å²) < 4.78 is 11.8. The highest BCUT2D eigenvalue weighted by Gasteiger charge is 2.05. The highest BCUT2D eigenvalue weighted by atomic mass is 16.5. The molecule has 146 valence electrons. The minimum atomic E-state index is 0.313. The smallest absolute Gasteiger partial charge is 0.149 e. The van der Waals surface area contributed by atoms with Gasteiger partial charge >= 0.3 is 0 Å². The molecule has 0 aliphatic heterocycles. The van der Waals surface area contributed by atoms with Gasteiger partial charge in [-0.2, -0.15) is 0 Å².